The van der Waals surface area contributed by atoms with Gasteiger partial charge in [-0.15, -0.1) is 0 Å². The summed E-state index contributed by atoms with van der Waals surface area (Å²) in [5, 5.41) is 8.96. The third-order valence-corrected chi connectivity index (χ3v) is 9.40. The third-order valence-electron chi connectivity index (χ3n) is 9.40. The van der Waals surface area contributed by atoms with Crippen molar-refractivity contribution in [1.29, 1.82) is 0 Å². The van der Waals surface area contributed by atoms with Crippen LogP contribution in [-0.4, -0.2) is 0 Å². The topological polar surface area (TPSA) is 26.3 Å². The van der Waals surface area contributed by atoms with Crippen molar-refractivity contribution in [2.75, 3.05) is 0 Å². The molecule has 0 fully saturated rings. The summed E-state index contributed by atoms with van der Waals surface area (Å²) in [6.07, 6.45) is 0. The predicted octanol–water partition coefficient (Wildman–Crippen LogP) is 12.8. The van der Waals surface area contributed by atoms with E-state index in [1.165, 1.54) is 5.39 Å². The fraction of sp³-hybridized carbons (Fsp3) is 0. The molecule has 0 amide bonds. The Morgan fingerprint density at radius 2 is 1.02 bits per heavy atom. The van der Waals surface area contributed by atoms with Gasteiger partial charge in [0.2, 0.25) is 0 Å². The molecule has 214 valence electrons. The number of hydrogen-bond acceptors (Lipinski definition) is 2. The smallest absolute Gasteiger partial charge is 0.144 e. The highest BCUT2D eigenvalue weighted by atomic mass is 16.3. The Morgan fingerprint density at radius 1 is 0.391 bits per heavy atom. The number of rotatable bonds is 3. The number of benzene rings is 8. The first-order valence-electron chi connectivity index (χ1n) is 16.1. The van der Waals surface area contributed by atoms with Crippen LogP contribution in [0.2, 0.25) is 0 Å². The maximum Gasteiger partial charge on any atom is 0.144 e. The van der Waals surface area contributed by atoms with Gasteiger partial charge in [-0.05, 0) is 68.1 Å². The first-order chi connectivity index (χ1) is 23.2. The van der Waals surface area contributed by atoms with Crippen LogP contribution in [0.15, 0.2) is 167 Å². The van der Waals surface area contributed by atoms with E-state index in [-0.39, 0.29) is 0 Å². The Morgan fingerprint density at radius 3 is 1.83 bits per heavy atom. The normalized spacial score (nSPS) is 12.2. The van der Waals surface area contributed by atoms with Gasteiger partial charge in [0.1, 0.15) is 22.3 Å². The average molecular weight is 588 g/mol. The quantitative estimate of drug-likeness (QED) is 0.205. The second kappa shape index (κ2) is 9.69. The van der Waals surface area contributed by atoms with Crippen molar-refractivity contribution in [2.45, 2.75) is 0 Å². The van der Waals surface area contributed by atoms with Gasteiger partial charge >= 0.3 is 0 Å². The van der Waals surface area contributed by atoms with Crippen molar-refractivity contribution in [1.82, 2.24) is 0 Å². The summed E-state index contributed by atoms with van der Waals surface area (Å²) in [6.45, 7) is 0. The Balaban J connectivity index is 1.26. The van der Waals surface area contributed by atoms with Crippen molar-refractivity contribution in [3.63, 3.8) is 0 Å². The molecule has 2 heterocycles. The molecule has 0 aliphatic carbocycles. The first-order valence-corrected chi connectivity index (χ1v) is 15.6. The second-order valence-electron chi connectivity index (χ2n) is 11.9. The standard InChI is InChI=1S/C44H26O2/c1-2-11-30-26-31(25-22-27(30)10-1)28-20-23-29(24-21-28)40-32-12-3-4-13-33(32)42(43-35-15-6-8-18-38(35)46-44(40)43)36-16-9-19-39-41(36)34-14-5-7-17-37(34)45-39/h1-26H/i1D. The Labute approximate surface area is 266 Å². The van der Waals surface area contributed by atoms with Gasteiger partial charge in [-0.25, -0.2) is 0 Å². The molecule has 0 saturated carbocycles. The van der Waals surface area contributed by atoms with E-state index in [1.54, 1.807) is 0 Å². The molecule has 0 bridgehead atoms. The van der Waals surface area contributed by atoms with Crippen LogP contribution < -0.4 is 0 Å². The number of fused-ring (bicyclic) bond motifs is 8. The minimum absolute atomic E-state index is 0.527. The van der Waals surface area contributed by atoms with Gasteiger partial charge < -0.3 is 8.83 Å². The van der Waals surface area contributed by atoms with E-state index in [0.29, 0.717) is 6.04 Å². The van der Waals surface area contributed by atoms with Crippen molar-refractivity contribution in [3.8, 4) is 33.4 Å². The van der Waals surface area contributed by atoms with Crippen molar-refractivity contribution < 1.29 is 10.2 Å². The van der Waals surface area contributed by atoms with Crippen molar-refractivity contribution in [3.05, 3.63) is 158 Å². The van der Waals surface area contributed by atoms with Crippen LogP contribution in [0.1, 0.15) is 1.37 Å². The Hall–Kier alpha value is -6.12. The SMILES string of the molecule is [2H]c1ccc2cc(-c3ccc(-c4c5ccccc5c(-c5cccc6oc7ccccc7c56)c5c4oc4ccccc45)cc3)ccc2c1. The highest BCUT2D eigenvalue weighted by molar-refractivity contribution is 6.29. The van der Waals surface area contributed by atoms with E-state index >= 15 is 0 Å². The fourth-order valence-corrected chi connectivity index (χ4v) is 7.33. The van der Waals surface area contributed by atoms with Gasteiger partial charge in [0.05, 0.1) is 1.37 Å². The van der Waals surface area contributed by atoms with Crippen molar-refractivity contribution >= 4 is 65.4 Å². The van der Waals surface area contributed by atoms with Crippen LogP contribution in [-0.2, 0) is 0 Å². The zero-order chi connectivity index (χ0) is 31.1. The van der Waals surface area contributed by atoms with Crippen LogP contribution >= 0.6 is 0 Å². The fourth-order valence-electron chi connectivity index (χ4n) is 7.33. The van der Waals surface area contributed by atoms with Gasteiger partial charge in [0.15, 0.2) is 0 Å². The molecule has 2 heteroatoms. The van der Waals surface area contributed by atoms with E-state index in [2.05, 4.69) is 115 Å². The van der Waals surface area contributed by atoms with Gasteiger partial charge in [-0.2, -0.15) is 0 Å². The molecule has 8 aromatic carbocycles. The van der Waals surface area contributed by atoms with Gasteiger partial charge in [0.25, 0.3) is 0 Å². The molecule has 0 saturated heterocycles. The molecule has 0 unspecified atom stereocenters. The maximum absolute atomic E-state index is 7.96. The highest BCUT2D eigenvalue weighted by Gasteiger charge is 2.24. The summed E-state index contributed by atoms with van der Waals surface area (Å²) >= 11 is 0. The third kappa shape index (κ3) is 3.65. The minimum atomic E-state index is 0.527. The molecule has 0 radical (unpaired) electrons. The minimum Gasteiger partial charge on any atom is -0.456 e. The molecule has 0 aliphatic heterocycles. The summed E-state index contributed by atoms with van der Waals surface area (Å²) in [5.74, 6) is 0. The van der Waals surface area contributed by atoms with Crippen LogP contribution in [0.25, 0.3) is 98.8 Å². The van der Waals surface area contributed by atoms with E-state index in [1.807, 2.05) is 36.4 Å². The highest BCUT2D eigenvalue weighted by Crippen LogP contribution is 2.50. The van der Waals surface area contributed by atoms with Gasteiger partial charge in [-0.1, -0.05) is 133 Å². The number of furan rings is 2. The van der Waals surface area contributed by atoms with Crippen molar-refractivity contribution in [2.24, 2.45) is 0 Å². The van der Waals surface area contributed by atoms with Crippen LogP contribution in [0, 0.1) is 0 Å². The molecule has 0 aliphatic rings. The van der Waals surface area contributed by atoms with Crippen LogP contribution in [0.4, 0.5) is 0 Å². The lowest BCUT2D eigenvalue weighted by Gasteiger charge is -2.16. The molecule has 0 atom stereocenters. The Kier molecular flexibility index (Phi) is 5.10. The Bertz CT molecular complexity index is 2850. The summed E-state index contributed by atoms with van der Waals surface area (Å²) in [7, 11) is 0. The molecule has 10 rings (SSSR count). The summed E-state index contributed by atoms with van der Waals surface area (Å²) in [5.41, 5.74) is 10.3. The monoisotopic (exact) mass is 587 g/mol. The molecule has 2 aromatic heterocycles. The van der Waals surface area contributed by atoms with Crippen LogP contribution in [0.3, 0.4) is 0 Å². The number of hydrogen-bond donors (Lipinski definition) is 0. The number of para-hydroxylation sites is 2. The maximum atomic E-state index is 7.96. The summed E-state index contributed by atoms with van der Waals surface area (Å²) in [6, 6.07) is 53.3. The first kappa shape index (κ1) is 24.2. The van der Waals surface area contributed by atoms with Gasteiger partial charge in [-0.3, -0.25) is 0 Å². The van der Waals surface area contributed by atoms with Crippen LogP contribution in [0.5, 0.6) is 0 Å². The lowest BCUT2D eigenvalue weighted by molar-refractivity contribution is 0.669. The van der Waals surface area contributed by atoms with E-state index in [4.69, 9.17) is 10.2 Å². The van der Waals surface area contributed by atoms with E-state index in [9.17, 15) is 0 Å². The second-order valence-corrected chi connectivity index (χ2v) is 11.9. The predicted molar refractivity (Wildman–Crippen MR) is 192 cm³/mol. The van der Waals surface area contributed by atoms with E-state index < -0.39 is 0 Å². The van der Waals surface area contributed by atoms with E-state index in [0.717, 1.165) is 93.4 Å². The molecule has 10 aromatic rings. The zero-order valence-electron chi connectivity index (χ0n) is 25.8. The molecule has 0 N–H and O–H groups in total. The zero-order valence-corrected chi connectivity index (χ0v) is 24.8. The molecule has 46 heavy (non-hydrogen) atoms. The lowest BCUT2D eigenvalue weighted by atomic mass is 9.86. The molecular weight excluding hydrogens is 560 g/mol. The molecule has 0 spiro atoms. The molecular formula is C44H26O2. The molecule has 2 nitrogen and oxygen atoms in total. The average Bonchev–Trinajstić information content (AvgIpc) is 3.69. The summed E-state index contributed by atoms with van der Waals surface area (Å²) in [4.78, 5) is 0. The summed E-state index contributed by atoms with van der Waals surface area (Å²) < 4.78 is 21.1. The van der Waals surface area contributed by atoms with Gasteiger partial charge in [0, 0.05) is 32.7 Å². The largest absolute Gasteiger partial charge is 0.456 e. The lowest BCUT2D eigenvalue weighted by Crippen LogP contribution is -1.90.